The van der Waals surface area contributed by atoms with Gasteiger partial charge < -0.3 is 10.5 Å². The number of thioether (sulfide) groups is 1. The van der Waals surface area contributed by atoms with Crippen LogP contribution in [0.15, 0.2) is 22.7 Å². The zero-order chi connectivity index (χ0) is 16.6. The van der Waals surface area contributed by atoms with Crippen LogP contribution in [0.1, 0.15) is 19.5 Å². The summed E-state index contributed by atoms with van der Waals surface area (Å²) >= 11 is 2.79. The summed E-state index contributed by atoms with van der Waals surface area (Å²) in [4.78, 5) is 26.0. The van der Waals surface area contributed by atoms with Crippen molar-refractivity contribution in [1.29, 1.82) is 0 Å². The van der Waals surface area contributed by atoms with Crippen molar-refractivity contribution in [2.45, 2.75) is 31.4 Å². The van der Waals surface area contributed by atoms with Gasteiger partial charge in [0.25, 0.3) is 0 Å². The maximum atomic E-state index is 12.4. The molecule has 122 valence electrons. The van der Waals surface area contributed by atoms with E-state index in [1.165, 1.54) is 28.2 Å². The lowest BCUT2D eigenvalue weighted by Crippen LogP contribution is -2.68. The monoisotopic (exact) mass is 352 g/mol. The molecule has 1 unspecified atom stereocenters. The van der Waals surface area contributed by atoms with Crippen LogP contribution in [0.4, 0.5) is 0 Å². The first-order valence-electron chi connectivity index (χ1n) is 7.08. The van der Waals surface area contributed by atoms with Gasteiger partial charge in [-0.05, 0) is 37.0 Å². The van der Waals surface area contributed by atoms with E-state index in [9.17, 15) is 9.59 Å². The second-order valence-electron chi connectivity index (χ2n) is 5.43. The number of ether oxygens (including phenoxy) is 1. The van der Waals surface area contributed by atoms with Gasteiger partial charge in [-0.3, -0.25) is 9.69 Å². The molecule has 23 heavy (non-hydrogen) atoms. The zero-order valence-electron chi connectivity index (χ0n) is 12.6. The van der Waals surface area contributed by atoms with E-state index in [2.05, 4.69) is 9.59 Å². The number of fused-ring (bicyclic) bond motifs is 1. The summed E-state index contributed by atoms with van der Waals surface area (Å²) in [5, 5.41) is 5.53. The maximum absolute atomic E-state index is 12.4. The van der Waals surface area contributed by atoms with E-state index < -0.39 is 12.0 Å². The average Bonchev–Trinajstić information content (AvgIpc) is 3.03. The number of amides is 1. The molecule has 1 aromatic rings. The molecule has 1 fully saturated rings. The largest absolute Gasteiger partial charge is 0.458 e. The molecule has 0 aliphatic carbocycles. The molecule has 3 heterocycles. The molecule has 0 aromatic carbocycles. The average molecular weight is 352 g/mol. The molecule has 2 N–H and O–H groups in total. The lowest BCUT2D eigenvalue weighted by Gasteiger charge is -2.48. The fourth-order valence-corrected chi connectivity index (χ4v) is 4.04. The van der Waals surface area contributed by atoms with E-state index in [1.54, 1.807) is 31.4 Å². The van der Waals surface area contributed by atoms with Crippen LogP contribution in [-0.2, 0) is 14.3 Å². The summed E-state index contributed by atoms with van der Waals surface area (Å²) in [5.41, 5.74) is 7.53. The van der Waals surface area contributed by atoms with Gasteiger partial charge in [0.1, 0.15) is 17.1 Å². The Morgan fingerprint density at radius 1 is 1.52 bits per heavy atom. The zero-order valence-corrected chi connectivity index (χ0v) is 14.3. The lowest BCUT2D eigenvalue weighted by molar-refractivity contribution is -0.152. The number of hydrogen-bond donors (Lipinski definition) is 1. The van der Waals surface area contributed by atoms with Gasteiger partial charge in [0, 0.05) is 11.1 Å². The molecule has 1 saturated heterocycles. The van der Waals surface area contributed by atoms with E-state index in [4.69, 9.17) is 10.5 Å². The first-order chi connectivity index (χ1) is 11.0. The molecule has 3 rings (SSSR count). The Kier molecular flexibility index (Phi) is 4.51. The Balaban J connectivity index is 1.94. The van der Waals surface area contributed by atoms with Crippen LogP contribution in [0.5, 0.6) is 0 Å². The van der Waals surface area contributed by atoms with Crippen LogP contribution in [-0.4, -0.2) is 49.6 Å². The van der Waals surface area contributed by atoms with Crippen molar-refractivity contribution in [3.05, 3.63) is 28.4 Å². The van der Waals surface area contributed by atoms with Crippen molar-refractivity contribution in [2.24, 2.45) is 5.73 Å². The number of allylic oxidation sites excluding steroid dienone is 1. The van der Waals surface area contributed by atoms with Crippen LogP contribution in [0, 0.1) is 0 Å². The fourth-order valence-electron chi connectivity index (χ4n) is 2.36. The van der Waals surface area contributed by atoms with E-state index in [-0.39, 0.29) is 23.1 Å². The molecule has 1 amide bonds. The van der Waals surface area contributed by atoms with Crippen molar-refractivity contribution in [3.8, 4) is 0 Å². The fraction of sp³-hybridized carbons (Fsp3) is 0.429. The van der Waals surface area contributed by atoms with Crippen molar-refractivity contribution >= 4 is 41.2 Å². The molecule has 2 aliphatic rings. The molecular formula is C14H16N4O3S2. The van der Waals surface area contributed by atoms with E-state index in [0.717, 1.165) is 5.57 Å². The molecule has 0 bridgehead atoms. The SMILES string of the molecule is CC(C)OC(=O)C1=C(/C=C\c2csnn2)CS[C@@H]2C(N)C(=O)N12. The van der Waals surface area contributed by atoms with Crippen molar-refractivity contribution in [1.82, 2.24) is 14.5 Å². The van der Waals surface area contributed by atoms with E-state index >= 15 is 0 Å². The first kappa shape index (κ1) is 16.2. The molecule has 9 heteroatoms. The number of carbonyl (C=O) groups is 2. The van der Waals surface area contributed by atoms with Gasteiger partial charge in [-0.15, -0.1) is 16.9 Å². The van der Waals surface area contributed by atoms with Gasteiger partial charge in [-0.1, -0.05) is 10.6 Å². The number of aromatic nitrogens is 2. The highest BCUT2D eigenvalue weighted by Gasteiger charge is 2.51. The Morgan fingerprint density at radius 3 is 2.96 bits per heavy atom. The molecule has 0 spiro atoms. The number of esters is 1. The number of nitrogens with zero attached hydrogens (tertiary/aromatic N) is 3. The molecule has 1 aromatic heterocycles. The molecule has 7 nitrogen and oxygen atoms in total. The number of rotatable bonds is 4. The number of nitrogens with two attached hydrogens (primary N) is 1. The number of β-lactam (4-membered cyclic amide) rings is 1. The van der Waals surface area contributed by atoms with E-state index in [1.807, 2.05) is 0 Å². The molecule has 0 saturated carbocycles. The van der Waals surface area contributed by atoms with Crippen LogP contribution in [0.25, 0.3) is 6.08 Å². The molecular weight excluding hydrogens is 336 g/mol. The van der Waals surface area contributed by atoms with Gasteiger partial charge in [0.15, 0.2) is 0 Å². The number of hydrogen-bond acceptors (Lipinski definition) is 8. The summed E-state index contributed by atoms with van der Waals surface area (Å²) in [6, 6.07) is -0.560. The van der Waals surface area contributed by atoms with Gasteiger partial charge in [-0.2, -0.15) is 0 Å². The van der Waals surface area contributed by atoms with Crippen LogP contribution < -0.4 is 5.73 Å². The molecule has 2 aliphatic heterocycles. The summed E-state index contributed by atoms with van der Waals surface area (Å²) in [6.45, 7) is 3.54. The Bertz CT molecular complexity index is 684. The van der Waals surface area contributed by atoms with Gasteiger partial charge in [-0.25, -0.2) is 4.79 Å². The third-order valence-corrected chi connectivity index (χ3v) is 5.25. The predicted molar refractivity (Wildman–Crippen MR) is 88.3 cm³/mol. The van der Waals surface area contributed by atoms with Crippen LogP contribution >= 0.6 is 23.3 Å². The summed E-state index contributed by atoms with van der Waals surface area (Å²) in [6.07, 6.45) is 3.29. The second kappa shape index (κ2) is 6.42. The van der Waals surface area contributed by atoms with Crippen molar-refractivity contribution < 1.29 is 14.3 Å². The van der Waals surface area contributed by atoms with Crippen molar-refractivity contribution in [2.75, 3.05) is 5.75 Å². The lowest BCUT2D eigenvalue weighted by atomic mass is 10.0. The van der Waals surface area contributed by atoms with E-state index in [0.29, 0.717) is 11.4 Å². The minimum atomic E-state index is -0.560. The Morgan fingerprint density at radius 2 is 2.30 bits per heavy atom. The standard InChI is InChI=1S/C14H16N4O3S2/c1-7(2)21-14(20)11-8(3-4-9-6-23-17-16-9)5-22-13-10(15)12(19)18(11)13/h3-4,6-7,10,13H,5,15H2,1-2H3/b4-3-/t10?,13-/m1/s1. The first-order valence-corrected chi connectivity index (χ1v) is 8.97. The van der Waals surface area contributed by atoms with Crippen LogP contribution in [0.3, 0.4) is 0 Å². The Hall–Kier alpha value is -1.71. The quantitative estimate of drug-likeness (QED) is 0.637. The minimum Gasteiger partial charge on any atom is -0.458 e. The minimum absolute atomic E-state index is 0.199. The molecule has 0 radical (unpaired) electrons. The number of carbonyl (C=O) groups excluding carboxylic acids is 2. The van der Waals surface area contributed by atoms with Gasteiger partial charge >= 0.3 is 5.97 Å². The maximum Gasteiger partial charge on any atom is 0.355 e. The third kappa shape index (κ3) is 3.04. The summed E-state index contributed by atoms with van der Waals surface area (Å²) in [5.74, 6) is -0.167. The molecule has 2 atom stereocenters. The second-order valence-corrected chi connectivity index (χ2v) is 7.14. The van der Waals surface area contributed by atoms with Gasteiger partial charge in [0.2, 0.25) is 5.91 Å². The summed E-state index contributed by atoms with van der Waals surface area (Å²) in [7, 11) is 0. The normalized spacial score (nSPS) is 24.2. The van der Waals surface area contributed by atoms with Gasteiger partial charge in [0.05, 0.1) is 11.8 Å². The Labute approximate surface area is 141 Å². The van der Waals surface area contributed by atoms with Crippen LogP contribution in [0.2, 0.25) is 0 Å². The third-order valence-electron chi connectivity index (χ3n) is 3.41. The highest BCUT2D eigenvalue weighted by Crippen LogP contribution is 2.40. The summed E-state index contributed by atoms with van der Waals surface area (Å²) < 4.78 is 9.08. The highest BCUT2D eigenvalue weighted by molar-refractivity contribution is 8.00. The predicted octanol–water partition coefficient (Wildman–Crippen LogP) is 0.999. The smallest absolute Gasteiger partial charge is 0.355 e. The highest BCUT2D eigenvalue weighted by atomic mass is 32.2. The topological polar surface area (TPSA) is 98.4 Å². The van der Waals surface area contributed by atoms with Crippen molar-refractivity contribution in [3.63, 3.8) is 0 Å².